The molecule has 0 aliphatic heterocycles. The second kappa shape index (κ2) is 7.94. The number of rotatable bonds is 8. The molecule has 2 aromatic rings. The summed E-state index contributed by atoms with van der Waals surface area (Å²) in [6, 6.07) is 9.18. The minimum atomic E-state index is -0.0889. The van der Waals surface area contributed by atoms with Crippen molar-refractivity contribution >= 4 is 5.91 Å². The summed E-state index contributed by atoms with van der Waals surface area (Å²) in [4.78, 5) is 11.6. The average Bonchev–Trinajstić information content (AvgIpc) is 2.98. The van der Waals surface area contributed by atoms with E-state index in [1.54, 1.807) is 23.1 Å². The first-order valence-corrected chi connectivity index (χ1v) is 6.87. The molecule has 6 nitrogen and oxygen atoms in total. The van der Waals surface area contributed by atoms with Gasteiger partial charge >= 0.3 is 0 Å². The molecule has 1 amide bonds. The Morgan fingerprint density at radius 3 is 2.57 bits per heavy atom. The largest absolute Gasteiger partial charge is 0.494 e. The number of nitrogens with one attached hydrogen (secondary N) is 1. The molecule has 0 saturated carbocycles. The molecule has 1 heterocycles. The van der Waals surface area contributed by atoms with Gasteiger partial charge in [-0.2, -0.15) is 5.10 Å². The van der Waals surface area contributed by atoms with Crippen LogP contribution in [0, 0.1) is 0 Å². The van der Waals surface area contributed by atoms with E-state index in [0.717, 1.165) is 11.5 Å². The van der Waals surface area contributed by atoms with Gasteiger partial charge in [-0.05, 0) is 37.3 Å². The number of ether oxygens (including phenoxy) is 2. The van der Waals surface area contributed by atoms with Crippen LogP contribution in [0.5, 0.6) is 11.5 Å². The van der Waals surface area contributed by atoms with E-state index < -0.39 is 0 Å². The molecule has 6 heteroatoms. The van der Waals surface area contributed by atoms with Crippen LogP contribution in [0.25, 0.3) is 0 Å². The van der Waals surface area contributed by atoms with Gasteiger partial charge < -0.3 is 14.8 Å². The van der Waals surface area contributed by atoms with Gasteiger partial charge in [0.05, 0.1) is 13.2 Å². The molecule has 21 heavy (non-hydrogen) atoms. The maximum Gasteiger partial charge on any atom is 0.241 e. The zero-order chi connectivity index (χ0) is 14.9. The smallest absolute Gasteiger partial charge is 0.241 e. The van der Waals surface area contributed by atoms with Crippen LogP contribution in [-0.2, 0) is 11.3 Å². The third-order valence-electron chi connectivity index (χ3n) is 2.69. The molecule has 0 atom stereocenters. The van der Waals surface area contributed by atoms with Crippen molar-refractivity contribution in [2.75, 3.05) is 19.8 Å². The highest BCUT2D eigenvalue weighted by molar-refractivity contribution is 5.75. The minimum Gasteiger partial charge on any atom is -0.494 e. The Hall–Kier alpha value is -2.50. The van der Waals surface area contributed by atoms with E-state index in [2.05, 4.69) is 10.4 Å². The fourth-order valence-electron chi connectivity index (χ4n) is 1.76. The average molecular weight is 289 g/mol. The summed E-state index contributed by atoms with van der Waals surface area (Å²) in [6.45, 7) is 3.67. The predicted molar refractivity (Wildman–Crippen MR) is 78.3 cm³/mol. The summed E-state index contributed by atoms with van der Waals surface area (Å²) in [5.74, 6) is 1.48. The monoisotopic (exact) mass is 289 g/mol. The molecule has 1 N–H and O–H groups in total. The Bertz CT molecular complexity index is 538. The number of hydrogen-bond acceptors (Lipinski definition) is 4. The maximum absolute atomic E-state index is 11.6. The summed E-state index contributed by atoms with van der Waals surface area (Å²) >= 11 is 0. The van der Waals surface area contributed by atoms with Crippen LogP contribution in [0.4, 0.5) is 0 Å². The molecule has 112 valence electrons. The predicted octanol–water partition coefficient (Wildman–Crippen LogP) is 1.48. The molecule has 2 rings (SSSR count). The van der Waals surface area contributed by atoms with Crippen molar-refractivity contribution in [2.24, 2.45) is 0 Å². The number of nitrogens with zero attached hydrogens (tertiary/aromatic N) is 2. The lowest BCUT2D eigenvalue weighted by Gasteiger charge is -2.09. The summed E-state index contributed by atoms with van der Waals surface area (Å²) in [5.41, 5.74) is 0. The first kappa shape index (κ1) is 14.9. The summed E-state index contributed by atoms with van der Waals surface area (Å²) in [5, 5.41) is 6.74. The number of hydrogen-bond donors (Lipinski definition) is 1. The highest BCUT2D eigenvalue weighted by atomic mass is 16.5. The second-order valence-corrected chi connectivity index (χ2v) is 4.31. The molecule has 0 saturated heterocycles. The molecule has 0 fully saturated rings. The molecule has 0 aliphatic carbocycles. The van der Waals surface area contributed by atoms with Gasteiger partial charge in [0.2, 0.25) is 5.91 Å². The maximum atomic E-state index is 11.6. The van der Waals surface area contributed by atoms with Crippen molar-refractivity contribution in [3.63, 3.8) is 0 Å². The number of amides is 1. The van der Waals surface area contributed by atoms with Crippen LogP contribution < -0.4 is 14.8 Å². The Labute approximate surface area is 123 Å². The summed E-state index contributed by atoms with van der Waals surface area (Å²) in [7, 11) is 0. The molecular formula is C15H19N3O3. The quantitative estimate of drug-likeness (QED) is 0.748. The fourth-order valence-corrected chi connectivity index (χ4v) is 1.76. The van der Waals surface area contributed by atoms with Crippen molar-refractivity contribution < 1.29 is 14.3 Å². The number of benzene rings is 1. The van der Waals surface area contributed by atoms with Crippen molar-refractivity contribution in [3.05, 3.63) is 42.7 Å². The molecule has 0 unspecified atom stereocenters. The highest BCUT2D eigenvalue weighted by Gasteiger charge is 2.02. The second-order valence-electron chi connectivity index (χ2n) is 4.31. The van der Waals surface area contributed by atoms with E-state index >= 15 is 0 Å². The van der Waals surface area contributed by atoms with Crippen LogP contribution in [0.1, 0.15) is 6.92 Å². The number of carbonyl (C=O) groups excluding carboxylic acids is 1. The molecule has 1 aromatic carbocycles. The topological polar surface area (TPSA) is 65.4 Å². The van der Waals surface area contributed by atoms with Gasteiger partial charge in [-0.3, -0.25) is 9.48 Å². The fraction of sp³-hybridized carbons (Fsp3) is 0.333. The third kappa shape index (κ3) is 5.18. The lowest BCUT2D eigenvalue weighted by molar-refractivity contribution is -0.121. The number of aromatic nitrogens is 2. The van der Waals surface area contributed by atoms with Crippen molar-refractivity contribution in [1.29, 1.82) is 0 Å². The van der Waals surface area contributed by atoms with Crippen LogP contribution in [0.3, 0.4) is 0 Å². The first-order valence-electron chi connectivity index (χ1n) is 6.87. The molecule has 0 spiro atoms. The Morgan fingerprint density at radius 1 is 1.24 bits per heavy atom. The molecular weight excluding hydrogens is 270 g/mol. The third-order valence-corrected chi connectivity index (χ3v) is 2.69. The van der Waals surface area contributed by atoms with E-state index in [1.165, 1.54) is 0 Å². The summed E-state index contributed by atoms with van der Waals surface area (Å²) < 4.78 is 12.5. The lowest BCUT2D eigenvalue weighted by atomic mass is 10.3. The highest BCUT2D eigenvalue weighted by Crippen LogP contribution is 2.17. The Balaban J connectivity index is 1.63. The van der Waals surface area contributed by atoms with Crippen molar-refractivity contribution in [1.82, 2.24) is 15.1 Å². The molecule has 0 bridgehead atoms. The lowest BCUT2D eigenvalue weighted by Crippen LogP contribution is -2.31. The van der Waals surface area contributed by atoms with Gasteiger partial charge in [-0.25, -0.2) is 0 Å². The van der Waals surface area contributed by atoms with E-state index in [9.17, 15) is 4.79 Å². The zero-order valence-electron chi connectivity index (χ0n) is 12.0. The van der Waals surface area contributed by atoms with Crippen LogP contribution >= 0.6 is 0 Å². The zero-order valence-corrected chi connectivity index (χ0v) is 12.0. The van der Waals surface area contributed by atoms with Crippen LogP contribution in [0.2, 0.25) is 0 Å². The van der Waals surface area contributed by atoms with Gasteiger partial charge in [0.25, 0.3) is 0 Å². The number of carbonyl (C=O) groups is 1. The molecule has 0 aliphatic rings. The van der Waals surface area contributed by atoms with Gasteiger partial charge in [-0.15, -0.1) is 0 Å². The van der Waals surface area contributed by atoms with Gasteiger partial charge in [-0.1, -0.05) is 0 Å². The van der Waals surface area contributed by atoms with E-state index in [4.69, 9.17) is 9.47 Å². The van der Waals surface area contributed by atoms with Gasteiger partial charge in [0, 0.05) is 12.4 Å². The van der Waals surface area contributed by atoms with E-state index in [1.807, 2.05) is 31.2 Å². The summed E-state index contributed by atoms with van der Waals surface area (Å²) in [6.07, 6.45) is 3.39. The van der Waals surface area contributed by atoms with Gasteiger partial charge in [0.15, 0.2) is 0 Å². The molecule has 1 aromatic heterocycles. The first-order chi connectivity index (χ1) is 10.3. The van der Waals surface area contributed by atoms with E-state index in [0.29, 0.717) is 19.8 Å². The van der Waals surface area contributed by atoms with Crippen LogP contribution in [-0.4, -0.2) is 35.4 Å². The van der Waals surface area contributed by atoms with E-state index in [-0.39, 0.29) is 12.5 Å². The molecule has 0 radical (unpaired) electrons. The van der Waals surface area contributed by atoms with Crippen molar-refractivity contribution in [2.45, 2.75) is 13.5 Å². The van der Waals surface area contributed by atoms with Crippen molar-refractivity contribution in [3.8, 4) is 11.5 Å². The Morgan fingerprint density at radius 2 is 1.95 bits per heavy atom. The SMILES string of the molecule is CCOc1ccc(OCCNC(=O)Cn2cccn2)cc1. The Kier molecular flexibility index (Phi) is 5.63. The van der Waals surface area contributed by atoms with Crippen LogP contribution in [0.15, 0.2) is 42.7 Å². The normalized spacial score (nSPS) is 10.1. The minimum absolute atomic E-state index is 0.0889. The van der Waals surface area contributed by atoms with Gasteiger partial charge in [0.1, 0.15) is 24.7 Å². The standard InChI is InChI=1S/C15H19N3O3/c1-2-20-13-4-6-14(7-5-13)21-11-9-16-15(19)12-18-10-3-8-17-18/h3-8,10H,2,9,11-12H2,1H3,(H,16,19).